The average molecular weight is 216 g/mol. The first kappa shape index (κ1) is 11.8. The lowest BCUT2D eigenvalue weighted by atomic mass is 10.0. The Morgan fingerprint density at radius 3 is 2.47 bits per heavy atom. The molecule has 0 heterocycles. The third-order valence-corrected chi connectivity index (χ3v) is 2.16. The van der Waals surface area contributed by atoms with Gasteiger partial charge in [-0.05, 0) is 24.5 Å². The van der Waals surface area contributed by atoms with E-state index >= 15 is 0 Å². The van der Waals surface area contributed by atoms with Gasteiger partial charge in [0.25, 0.3) is 0 Å². The van der Waals surface area contributed by atoms with Gasteiger partial charge in [-0.2, -0.15) is 13.2 Å². The van der Waals surface area contributed by atoms with Crippen LogP contribution in [0.5, 0.6) is 0 Å². The smallest absolute Gasteiger partial charge is 0.298 e. The van der Waals surface area contributed by atoms with Crippen molar-refractivity contribution in [2.75, 3.05) is 0 Å². The Morgan fingerprint density at radius 2 is 2.00 bits per heavy atom. The van der Waals surface area contributed by atoms with Gasteiger partial charge in [-0.1, -0.05) is 18.2 Å². The van der Waals surface area contributed by atoms with Crippen LogP contribution in [0.3, 0.4) is 0 Å². The van der Waals surface area contributed by atoms with Gasteiger partial charge in [0.2, 0.25) is 0 Å². The molecule has 0 saturated heterocycles. The van der Waals surface area contributed by atoms with Crippen LogP contribution >= 0.6 is 0 Å². The van der Waals surface area contributed by atoms with Crippen LogP contribution in [0.2, 0.25) is 0 Å². The molecule has 1 aromatic rings. The van der Waals surface area contributed by atoms with Gasteiger partial charge in [0, 0.05) is 12.0 Å². The van der Waals surface area contributed by atoms with Crippen LogP contribution in [0.15, 0.2) is 18.2 Å². The molecule has 1 aromatic carbocycles. The van der Waals surface area contributed by atoms with Gasteiger partial charge in [-0.25, -0.2) is 0 Å². The molecule has 0 N–H and O–H groups in total. The van der Waals surface area contributed by atoms with Crippen molar-refractivity contribution in [2.24, 2.45) is 0 Å². The Hall–Kier alpha value is -1.32. The molecule has 82 valence electrons. The number of rotatable bonds is 3. The van der Waals surface area contributed by atoms with E-state index in [4.69, 9.17) is 0 Å². The third kappa shape index (κ3) is 3.73. The van der Waals surface area contributed by atoms with Crippen molar-refractivity contribution in [3.8, 4) is 0 Å². The predicted octanol–water partition coefficient (Wildman–Crippen LogP) is 3.30. The molecule has 0 aromatic heterocycles. The second kappa shape index (κ2) is 4.47. The summed E-state index contributed by atoms with van der Waals surface area (Å²) in [6.07, 6.45) is -4.30. The molecule has 4 heteroatoms. The molecule has 0 aliphatic rings. The normalized spacial score (nSPS) is 11.5. The van der Waals surface area contributed by atoms with Gasteiger partial charge in [-0.3, -0.25) is 4.79 Å². The standard InChI is InChI=1S/C11H11F3O/c1-8-6-9(2-3-10(8)7-15)4-5-11(12,13)14/h2-3,6-7H,4-5H2,1H3. The van der Waals surface area contributed by atoms with E-state index < -0.39 is 12.6 Å². The van der Waals surface area contributed by atoms with E-state index in [0.29, 0.717) is 23.0 Å². The fourth-order valence-corrected chi connectivity index (χ4v) is 1.31. The Kier molecular flexibility index (Phi) is 3.50. The zero-order chi connectivity index (χ0) is 11.5. The fourth-order valence-electron chi connectivity index (χ4n) is 1.31. The van der Waals surface area contributed by atoms with Crippen LogP contribution in [0, 0.1) is 6.92 Å². The number of benzene rings is 1. The van der Waals surface area contributed by atoms with Crippen molar-refractivity contribution in [2.45, 2.75) is 25.9 Å². The van der Waals surface area contributed by atoms with Gasteiger partial charge in [0.15, 0.2) is 0 Å². The molecule has 0 saturated carbocycles. The van der Waals surface area contributed by atoms with E-state index in [-0.39, 0.29) is 6.42 Å². The van der Waals surface area contributed by atoms with Crippen molar-refractivity contribution in [1.82, 2.24) is 0 Å². The van der Waals surface area contributed by atoms with Gasteiger partial charge in [0.05, 0.1) is 0 Å². The number of aryl methyl sites for hydroxylation is 2. The quantitative estimate of drug-likeness (QED) is 0.708. The van der Waals surface area contributed by atoms with E-state index in [9.17, 15) is 18.0 Å². The van der Waals surface area contributed by atoms with E-state index in [1.807, 2.05) is 0 Å². The van der Waals surface area contributed by atoms with Crippen LogP contribution in [0.4, 0.5) is 13.2 Å². The minimum atomic E-state index is -4.13. The molecule has 1 nitrogen and oxygen atoms in total. The molecule has 0 aliphatic heterocycles. The summed E-state index contributed by atoms with van der Waals surface area (Å²) in [5, 5.41) is 0. The van der Waals surface area contributed by atoms with Crippen molar-refractivity contribution < 1.29 is 18.0 Å². The van der Waals surface area contributed by atoms with E-state index in [2.05, 4.69) is 0 Å². The minimum absolute atomic E-state index is 0.0382. The summed E-state index contributed by atoms with van der Waals surface area (Å²) in [5.41, 5.74) is 1.84. The zero-order valence-electron chi connectivity index (χ0n) is 8.27. The number of hydrogen-bond donors (Lipinski definition) is 0. The Labute approximate surface area is 85.9 Å². The van der Waals surface area contributed by atoms with Crippen molar-refractivity contribution in [1.29, 1.82) is 0 Å². The van der Waals surface area contributed by atoms with Crippen LogP contribution in [-0.2, 0) is 6.42 Å². The van der Waals surface area contributed by atoms with Gasteiger partial charge >= 0.3 is 6.18 Å². The number of aldehydes is 1. The highest BCUT2D eigenvalue weighted by Crippen LogP contribution is 2.22. The molecule has 0 radical (unpaired) electrons. The first-order valence-corrected chi connectivity index (χ1v) is 4.54. The van der Waals surface area contributed by atoms with E-state index in [1.54, 1.807) is 25.1 Å². The first-order chi connectivity index (χ1) is 6.92. The summed E-state index contributed by atoms with van der Waals surface area (Å²) < 4.78 is 35.8. The Balaban J connectivity index is 2.72. The zero-order valence-corrected chi connectivity index (χ0v) is 8.27. The fraction of sp³-hybridized carbons (Fsp3) is 0.364. The molecule has 0 unspecified atom stereocenters. The highest BCUT2D eigenvalue weighted by molar-refractivity contribution is 5.77. The number of halogens is 3. The summed E-state index contributed by atoms with van der Waals surface area (Å²) in [5.74, 6) is 0. The lowest BCUT2D eigenvalue weighted by Gasteiger charge is -2.07. The summed E-state index contributed by atoms with van der Waals surface area (Å²) in [6, 6.07) is 4.73. The number of carbonyl (C=O) groups is 1. The number of alkyl halides is 3. The molecular formula is C11H11F3O. The van der Waals surface area contributed by atoms with Crippen LogP contribution in [-0.4, -0.2) is 12.5 Å². The van der Waals surface area contributed by atoms with Gasteiger partial charge in [-0.15, -0.1) is 0 Å². The molecule has 0 fully saturated rings. The Morgan fingerprint density at radius 1 is 1.33 bits per heavy atom. The van der Waals surface area contributed by atoms with Crippen LogP contribution < -0.4 is 0 Å². The molecule has 0 atom stereocenters. The topological polar surface area (TPSA) is 17.1 Å². The van der Waals surface area contributed by atoms with E-state index in [0.717, 1.165) is 0 Å². The van der Waals surface area contributed by atoms with Gasteiger partial charge < -0.3 is 0 Å². The highest BCUT2D eigenvalue weighted by Gasteiger charge is 2.26. The third-order valence-electron chi connectivity index (χ3n) is 2.16. The maximum atomic E-state index is 11.9. The second-order valence-corrected chi connectivity index (χ2v) is 3.42. The average Bonchev–Trinajstić information content (AvgIpc) is 2.14. The lowest BCUT2D eigenvalue weighted by molar-refractivity contribution is -0.134. The van der Waals surface area contributed by atoms with Crippen LogP contribution in [0.25, 0.3) is 0 Å². The molecule has 0 spiro atoms. The van der Waals surface area contributed by atoms with E-state index in [1.165, 1.54) is 0 Å². The SMILES string of the molecule is Cc1cc(CCC(F)(F)F)ccc1C=O. The molecule has 0 amide bonds. The summed E-state index contributed by atoms with van der Waals surface area (Å²) >= 11 is 0. The number of hydrogen-bond acceptors (Lipinski definition) is 1. The maximum Gasteiger partial charge on any atom is 0.389 e. The maximum absolute atomic E-state index is 11.9. The van der Waals surface area contributed by atoms with Crippen LogP contribution in [0.1, 0.15) is 27.9 Å². The summed E-state index contributed by atoms with van der Waals surface area (Å²) in [4.78, 5) is 10.5. The molecule has 15 heavy (non-hydrogen) atoms. The van der Waals surface area contributed by atoms with Crippen molar-refractivity contribution in [3.63, 3.8) is 0 Å². The minimum Gasteiger partial charge on any atom is -0.298 e. The molecule has 0 bridgehead atoms. The largest absolute Gasteiger partial charge is 0.389 e. The van der Waals surface area contributed by atoms with Crippen molar-refractivity contribution >= 4 is 6.29 Å². The number of carbonyl (C=O) groups excluding carboxylic acids is 1. The predicted molar refractivity (Wildman–Crippen MR) is 50.9 cm³/mol. The van der Waals surface area contributed by atoms with Crippen molar-refractivity contribution in [3.05, 3.63) is 34.9 Å². The highest BCUT2D eigenvalue weighted by atomic mass is 19.4. The lowest BCUT2D eigenvalue weighted by Crippen LogP contribution is -2.08. The molecule has 1 rings (SSSR count). The summed E-state index contributed by atoms with van der Waals surface area (Å²) in [7, 11) is 0. The first-order valence-electron chi connectivity index (χ1n) is 4.54. The molecular weight excluding hydrogens is 205 g/mol. The Bertz CT molecular complexity index is 355. The monoisotopic (exact) mass is 216 g/mol. The second-order valence-electron chi connectivity index (χ2n) is 3.42. The summed E-state index contributed by atoms with van der Waals surface area (Å²) in [6.45, 7) is 1.71. The van der Waals surface area contributed by atoms with Gasteiger partial charge in [0.1, 0.15) is 6.29 Å². The molecule has 0 aliphatic carbocycles.